The number of aliphatic hydroxyl groups excluding tert-OH is 1. The Morgan fingerprint density at radius 3 is 2.67 bits per heavy atom. The fraction of sp³-hybridized carbons (Fsp3) is 0.500. The molecule has 4 rings (SSSR count). The van der Waals surface area contributed by atoms with Gasteiger partial charge in [0, 0.05) is 25.5 Å². The predicted molar refractivity (Wildman–Crippen MR) is 98.3 cm³/mol. The average Bonchev–Trinajstić information content (AvgIpc) is 3.31. The van der Waals surface area contributed by atoms with Gasteiger partial charge in [-0.15, -0.1) is 0 Å². The number of carbonyl (C=O) groups excluding carboxylic acids is 1. The van der Waals surface area contributed by atoms with Gasteiger partial charge in [-0.3, -0.25) is 4.90 Å². The van der Waals surface area contributed by atoms with Gasteiger partial charge >= 0.3 is 5.97 Å². The number of nitrogens with one attached hydrogen (secondary N) is 1. The van der Waals surface area contributed by atoms with E-state index in [2.05, 4.69) is 14.9 Å². The second kappa shape index (κ2) is 7.70. The fourth-order valence-corrected chi connectivity index (χ4v) is 4.30. The molecular weight excluding hydrogens is 346 g/mol. The van der Waals surface area contributed by atoms with Gasteiger partial charge in [0.15, 0.2) is 0 Å². The van der Waals surface area contributed by atoms with Gasteiger partial charge in [0.05, 0.1) is 25.3 Å². The first-order valence-electron chi connectivity index (χ1n) is 9.36. The number of hydrogen-bond acceptors (Lipinski definition) is 6. The summed E-state index contributed by atoms with van der Waals surface area (Å²) in [6, 6.07) is 6.87. The molecule has 1 aliphatic carbocycles. The lowest BCUT2D eigenvalue weighted by atomic mass is 9.78. The number of esters is 1. The number of ether oxygens (including phenoxy) is 2. The minimum Gasteiger partial charge on any atom is -0.488 e. The van der Waals surface area contributed by atoms with Crippen LogP contribution in [0.4, 0.5) is 0 Å². The highest BCUT2D eigenvalue weighted by atomic mass is 16.5. The number of imidazole rings is 1. The molecule has 0 radical (unpaired) electrons. The highest BCUT2D eigenvalue weighted by Gasteiger charge is 2.42. The SMILES string of the molecule is COC(=O)c1ccc(O[C@@H]2C[C@@H]3CN(Cc4ncc[nH]4)C[C@@H]3C[C@H]2O)cc1. The van der Waals surface area contributed by atoms with Gasteiger partial charge in [0.25, 0.3) is 0 Å². The van der Waals surface area contributed by atoms with Gasteiger partial charge in [0.2, 0.25) is 0 Å². The van der Waals surface area contributed by atoms with E-state index in [1.807, 2.05) is 6.20 Å². The number of aliphatic hydroxyl groups is 1. The van der Waals surface area contributed by atoms with Crippen LogP contribution in [0.15, 0.2) is 36.7 Å². The van der Waals surface area contributed by atoms with Gasteiger partial charge in [-0.2, -0.15) is 0 Å². The van der Waals surface area contributed by atoms with E-state index in [0.29, 0.717) is 23.1 Å². The van der Waals surface area contributed by atoms with Gasteiger partial charge in [-0.05, 0) is 48.9 Å². The first kappa shape index (κ1) is 18.0. The molecule has 2 aliphatic rings. The second-order valence-corrected chi connectivity index (χ2v) is 7.46. The Hall–Kier alpha value is -2.38. The predicted octanol–water partition coefficient (Wildman–Crippen LogP) is 1.85. The summed E-state index contributed by atoms with van der Waals surface area (Å²) < 4.78 is 10.8. The van der Waals surface area contributed by atoms with Gasteiger partial charge < -0.3 is 19.6 Å². The first-order valence-corrected chi connectivity index (χ1v) is 9.36. The molecule has 2 aromatic rings. The molecule has 2 fully saturated rings. The van der Waals surface area contributed by atoms with Crippen LogP contribution in [-0.4, -0.2) is 58.4 Å². The van der Waals surface area contributed by atoms with E-state index in [9.17, 15) is 9.90 Å². The maximum Gasteiger partial charge on any atom is 0.337 e. The van der Waals surface area contributed by atoms with E-state index in [-0.39, 0.29) is 12.1 Å². The fourth-order valence-electron chi connectivity index (χ4n) is 4.30. The molecule has 1 aliphatic heterocycles. The molecule has 27 heavy (non-hydrogen) atoms. The van der Waals surface area contributed by atoms with Crippen molar-refractivity contribution < 1.29 is 19.4 Å². The lowest BCUT2D eigenvalue weighted by molar-refractivity contribution is -0.0231. The highest BCUT2D eigenvalue weighted by molar-refractivity contribution is 5.89. The smallest absolute Gasteiger partial charge is 0.337 e. The van der Waals surface area contributed by atoms with Crippen LogP contribution in [0.1, 0.15) is 29.0 Å². The third-order valence-corrected chi connectivity index (χ3v) is 5.65. The number of aromatic amines is 1. The minimum atomic E-state index is -0.477. The molecule has 0 bridgehead atoms. The Bertz CT molecular complexity index is 762. The van der Waals surface area contributed by atoms with Crippen molar-refractivity contribution in [3.05, 3.63) is 48.0 Å². The van der Waals surface area contributed by atoms with Crippen molar-refractivity contribution in [3.8, 4) is 5.75 Å². The van der Waals surface area contributed by atoms with Gasteiger partial charge in [0.1, 0.15) is 17.7 Å². The second-order valence-electron chi connectivity index (χ2n) is 7.46. The molecule has 0 unspecified atom stereocenters. The number of likely N-dealkylation sites (tertiary alicyclic amines) is 1. The summed E-state index contributed by atoms with van der Waals surface area (Å²) in [5.74, 6) is 2.28. The zero-order valence-corrected chi connectivity index (χ0v) is 15.4. The third kappa shape index (κ3) is 3.99. The van der Waals surface area contributed by atoms with Crippen LogP contribution in [0.3, 0.4) is 0 Å². The van der Waals surface area contributed by atoms with E-state index in [0.717, 1.165) is 38.3 Å². The number of methoxy groups -OCH3 is 1. The van der Waals surface area contributed by atoms with E-state index < -0.39 is 6.10 Å². The lowest BCUT2D eigenvalue weighted by Gasteiger charge is -2.35. The van der Waals surface area contributed by atoms with E-state index >= 15 is 0 Å². The Kier molecular flexibility index (Phi) is 5.13. The zero-order valence-electron chi connectivity index (χ0n) is 15.4. The topological polar surface area (TPSA) is 87.7 Å². The maximum atomic E-state index is 11.5. The van der Waals surface area contributed by atoms with Crippen LogP contribution < -0.4 is 4.74 Å². The maximum absolute atomic E-state index is 11.5. The van der Waals surface area contributed by atoms with Crippen LogP contribution in [-0.2, 0) is 11.3 Å². The molecule has 1 aromatic carbocycles. The van der Waals surface area contributed by atoms with E-state index in [1.165, 1.54) is 7.11 Å². The van der Waals surface area contributed by atoms with E-state index in [1.54, 1.807) is 30.5 Å². The third-order valence-electron chi connectivity index (χ3n) is 5.65. The van der Waals surface area contributed by atoms with Crippen molar-refractivity contribution in [3.63, 3.8) is 0 Å². The summed E-state index contributed by atoms with van der Waals surface area (Å²) in [6.45, 7) is 2.80. The van der Waals surface area contributed by atoms with Crippen molar-refractivity contribution >= 4 is 5.97 Å². The van der Waals surface area contributed by atoms with Gasteiger partial charge in [-0.25, -0.2) is 9.78 Å². The van der Waals surface area contributed by atoms with E-state index in [4.69, 9.17) is 9.47 Å². The summed E-state index contributed by atoms with van der Waals surface area (Å²) in [5.41, 5.74) is 0.485. The largest absolute Gasteiger partial charge is 0.488 e. The summed E-state index contributed by atoms with van der Waals surface area (Å²) >= 11 is 0. The van der Waals surface area contributed by atoms with Gasteiger partial charge in [-0.1, -0.05) is 0 Å². The highest BCUT2D eigenvalue weighted by Crippen LogP contribution is 2.38. The normalized spacial score (nSPS) is 27.9. The van der Waals surface area contributed by atoms with Crippen LogP contribution >= 0.6 is 0 Å². The Labute approximate surface area is 158 Å². The molecule has 7 heteroatoms. The number of nitrogens with zero attached hydrogens (tertiary/aromatic N) is 2. The standard InChI is InChI=1S/C20H25N3O4/c1-26-20(25)13-2-4-16(5-3-13)27-18-9-15-11-23(10-14(15)8-17(18)24)12-19-21-6-7-22-19/h2-7,14-15,17-18,24H,8-12H2,1H3,(H,21,22)/t14-,15+,17+,18+/m0/s1. The molecule has 2 N–H and O–H groups in total. The Morgan fingerprint density at radius 2 is 2.00 bits per heavy atom. The zero-order chi connectivity index (χ0) is 18.8. The average molecular weight is 371 g/mol. The Balaban J connectivity index is 1.36. The molecule has 0 spiro atoms. The molecule has 2 heterocycles. The monoisotopic (exact) mass is 371 g/mol. The molecule has 7 nitrogen and oxygen atoms in total. The quantitative estimate of drug-likeness (QED) is 0.780. The minimum absolute atomic E-state index is 0.223. The number of carbonyl (C=O) groups is 1. The summed E-state index contributed by atoms with van der Waals surface area (Å²) in [6.07, 6.45) is 4.51. The summed E-state index contributed by atoms with van der Waals surface area (Å²) in [5, 5.41) is 10.6. The molecular formula is C20H25N3O4. The van der Waals surface area contributed by atoms with Crippen LogP contribution in [0.5, 0.6) is 5.75 Å². The Morgan fingerprint density at radius 1 is 1.26 bits per heavy atom. The lowest BCUT2D eigenvalue weighted by Crippen LogP contribution is -2.42. The first-order chi connectivity index (χ1) is 13.1. The molecule has 1 aromatic heterocycles. The number of H-pyrrole nitrogens is 1. The molecule has 144 valence electrons. The van der Waals surface area contributed by atoms with Crippen molar-refractivity contribution in [1.29, 1.82) is 0 Å². The van der Waals surface area contributed by atoms with Crippen molar-refractivity contribution in [2.75, 3.05) is 20.2 Å². The number of aromatic nitrogens is 2. The van der Waals surface area contributed by atoms with Crippen molar-refractivity contribution in [1.82, 2.24) is 14.9 Å². The van der Waals surface area contributed by atoms with Crippen LogP contribution in [0.25, 0.3) is 0 Å². The number of rotatable bonds is 5. The number of fused-ring (bicyclic) bond motifs is 1. The van der Waals surface area contributed by atoms with Crippen molar-refractivity contribution in [2.24, 2.45) is 11.8 Å². The van der Waals surface area contributed by atoms with Crippen LogP contribution in [0.2, 0.25) is 0 Å². The number of hydrogen-bond donors (Lipinski definition) is 2. The van der Waals surface area contributed by atoms with Crippen LogP contribution in [0, 0.1) is 11.8 Å². The molecule has 1 saturated carbocycles. The molecule has 1 saturated heterocycles. The molecule has 0 amide bonds. The molecule has 4 atom stereocenters. The summed E-state index contributed by atoms with van der Waals surface area (Å²) in [4.78, 5) is 21.4. The number of benzene rings is 1. The van der Waals surface area contributed by atoms with Crippen molar-refractivity contribution in [2.45, 2.75) is 31.6 Å². The summed E-state index contributed by atoms with van der Waals surface area (Å²) in [7, 11) is 1.36.